The Kier molecular flexibility index (Phi) is 8.27. The molecule has 0 radical (unpaired) electrons. The molecule has 0 unspecified atom stereocenters. The van der Waals surface area contributed by atoms with E-state index in [1.807, 2.05) is 23.6 Å². The third-order valence-electron chi connectivity index (χ3n) is 7.51. The normalized spacial score (nSPS) is 17.8. The molecule has 9 nitrogen and oxygen atoms in total. The fourth-order valence-corrected chi connectivity index (χ4v) is 6.60. The number of thiophene rings is 1. The van der Waals surface area contributed by atoms with Crippen molar-refractivity contribution >= 4 is 40.4 Å². The van der Waals surface area contributed by atoms with Crippen LogP contribution in [0.5, 0.6) is 0 Å². The van der Waals surface area contributed by atoms with Gasteiger partial charge in [-0.3, -0.25) is 14.4 Å². The van der Waals surface area contributed by atoms with Crippen molar-refractivity contribution in [2.24, 2.45) is 4.99 Å². The fourth-order valence-electron chi connectivity index (χ4n) is 5.27. The number of fused-ring (bicyclic) bond motifs is 3. The molecule has 2 aliphatic rings. The molecule has 4 heterocycles. The van der Waals surface area contributed by atoms with Gasteiger partial charge in [-0.15, -0.1) is 21.5 Å². The number of aliphatic imine (C=N–C) groups is 1. The molecule has 2 aromatic heterocycles. The zero-order chi connectivity index (χ0) is 27.7. The van der Waals surface area contributed by atoms with E-state index in [9.17, 15) is 14.7 Å². The van der Waals surface area contributed by atoms with Gasteiger partial charge in [-0.05, 0) is 58.0 Å². The number of Topliss-reactive ketones (excluding diaryl/α,β-unsaturated/α-hetero) is 1. The van der Waals surface area contributed by atoms with Gasteiger partial charge in [0.15, 0.2) is 5.82 Å². The van der Waals surface area contributed by atoms with Crippen LogP contribution in [0.25, 0.3) is 5.00 Å². The van der Waals surface area contributed by atoms with Gasteiger partial charge >= 0.3 is 5.97 Å². The molecule has 0 amide bonds. The van der Waals surface area contributed by atoms with Crippen molar-refractivity contribution in [3.63, 3.8) is 0 Å². The van der Waals surface area contributed by atoms with Crippen LogP contribution >= 0.6 is 22.9 Å². The number of piperazine rings is 1. The second-order valence-corrected chi connectivity index (χ2v) is 11.8. The van der Waals surface area contributed by atoms with Crippen LogP contribution in [-0.2, 0) is 4.79 Å². The molecule has 3 aromatic rings. The Hall–Kier alpha value is -2.92. The first-order chi connectivity index (χ1) is 18.7. The van der Waals surface area contributed by atoms with Gasteiger partial charge in [-0.2, -0.15) is 0 Å². The molecule has 1 aromatic carbocycles. The minimum Gasteiger partial charge on any atom is -0.477 e. The molecule has 206 valence electrons. The molecule has 1 N–H and O–H groups in total. The molecule has 1 atom stereocenters. The van der Waals surface area contributed by atoms with Crippen molar-refractivity contribution in [2.75, 3.05) is 39.8 Å². The SMILES string of the molecule is Cc1c(C(=O)O)sc2c1C(c1ccc(Cl)cc1)=N[C@H](CC(=O)CCCCN1CCN(C)CC1)c1nnc(C)n1-2. The summed E-state index contributed by atoms with van der Waals surface area (Å²) in [4.78, 5) is 35.4. The maximum Gasteiger partial charge on any atom is 0.346 e. The summed E-state index contributed by atoms with van der Waals surface area (Å²) in [5.74, 6) is 0.331. The first kappa shape index (κ1) is 27.6. The van der Waals surface area contributed by atoms with E-state index in [4.69, 9.17) is 16.6 Å². The molecule has 0 saturated carbocycles. The van der Waals surface area contributed by atoms with Crippen molar-refractivity contribution in [1.82, 2.24) is 24.6 Å². The Morgan fingerprint density at radius 2 is 1.79 bits per heavy atom. The van der Waals surface area contributed by atoms with Crippen LogP contribution in [0.3, 0.4) is 0 Å². The van der Waals surface area contributed by atoms with Gasteiger partial charge in [0.2, 0.25) is 0 Å². The van der Waals surface area contributed by atoms with Gasteiger partial charge < -0.3 is 14.9 Å². The lowest BCUT2D eigenvalue weighted by atomic mass is 9.99. The first-order valence-corrected chi connectivity index (χ1v) is 14.5. The van der Waals surface area contributed by atoms with E-state index < -0.39 is 12.0 Å². The van der Waals surface area contributed by atoms with E-state index in [1.165, 1.54) is 11.3 Å². The second kappa shape index (κ2) is 11.7. The predicted octanol–water partition coefficient (Wildman–Crippen LogP) is 4.57. The van der Waals surface area contributed by atoms with E-state index in [0.717, 1.165) is 56.7 Å². The average molecular weight is 569 g/mol. The zero-order valence-corrected chi connectivity index (χ0v) is 24.1. The quantitative estimate of drug-likeness (QED) is 0.377. The molecule has 5 rings (SSSR count). The van der Waals surface area contributed by atoms with Crippen LogP contribution < -0.4 is 0 Å². The smallest absolute Gasteiger partial charge is 0.346 e. The summed E-state index contributed by atoms with van der Waals surface area (Å²) in [6.45, 7) is 8.99. The summed E-state index contributed by atoms with van der Waals surface area (Å²) in [7, 11) is 2.15. The van der Waals surface area contributed by atoms with Crippen LogP contribution in [0.2, 0.25) is 5.02 Å². The molecule has 2 aliphatic heterocycles. The van der Waals surface area contributed by atoms with Gasteiger partial charge in [0.1, 0.15) is 27.5 Å². The Bertz CT molecular complexity index is 1410. The van der Waals surface area contributed by atoms with Crippen LogP contribution in [-0.4, -0.2) is 86.9 Å². The van der Waals surface area contributed by atoms with Crippen molar-refractivity contribution in [3.8, 4) is 5.00 Å². The zero-order valence-electron chi connectivity index (χ0n) is 22.5. The molecular weight excluding hydrogens is 536 g/mol. The highest BCUT2D eigenvalue weighted by atomic mass is 35.5. The Balaban J connectivity index is 1.42. The molecule has 0 aliphatic carbocycles. The van der Waals surface area contributed by atoms with Crippen LogP contribution in [0.1, 0.15) is 69.7 Å². The number of carbonyl (C=O) groups excluding carboxylic acids is 1. The van der Waals surface area contributed by atoms with E-state index in [-0.39, 0.29) is 17.1 Å². The van der Waals surface area contributed by atoms with Gasteiger partial charge in [-0.25, -0.2) is 4.79 Å². The standard InChI is InChI=1S/C28H33ClN6O3S/c1-17-23-24(19-7-9-20(29)10-8-19)30-22(16-21(36)6-4-5-11-34-14-12-33(3)13-15-34)26-32-31-18(2)35(26)27(23)39-25(17)28(37)38/h7-10,22H,4-6,11-16H2,1-3H3,(H,37,38)/t22-/m1/s1. The van der Waals surface area contributed by atoms with E-state index in [2.05, 4.69) is 27.0 Å². The third-order valence-corrected chi connectivity index (χ3v) is 9.03. The number of carboxylic acids is 1. The highest BCUT2D eigenvalue weighted by Gasteiger charge is 2.34. The molecule has 39 heavy (non-hydrogen) atoms. The second-order valence-electron chi connectivity index (χ2n) is 10.3. The monoisotopic (exact) mass is 568 g/mol. The summed E-state index contributed by atoms with van der Waals surface area (Å²) < 4.78 is 1.87. The lowest BCUT2D eigenvalue weighted by Crippen LogP contribution is -2.44. The fraction of sp³-hybridized carbons (Fsp3) is 0.464. The predicted molar refractivity (Wildman–Crippen MR) is 153 cm³/mol. The Morgan fingerprint density at radius 3 is 2.49 bits per heavy atom. The average Bonchev–Trinajstić information content (AvgIpc) is 3.41. The summed E-state index contributed by atoms with van der Waals surface area (Å²) in [6.07, 6.45) is 2.53. The van der Waals surface area contributed by atoms with E-state index >= 15 is 0 Å². The van der Waals surface area contributed by atoms with Gasteiger partial charge in [0, 0.05) is 55.2 Å². The number of unbranched alkanes of at least 4 members (excludes halogenated alkanes) is 1. The molecule has 1 fully saturated rings. The minimum atomic E-state index is -0.989. The molecule has 0 bridgehead atoms. The Labute approximate surface area is 237 Å². The van der Waals surface area contributed by atoms with Gasteiger partial charge in [0.05, 0.1) is 5.71 Å². The number of benzene rings is 1. The lowest BCUT2D eigenvalue weighted by Gasteiger charge is -2.32. The first-order valence-electron chi connectivity index (χ1n) is 13.3. The molecule has 1 saturated heterocycles. The summed E-state index contributed by atoms with van der Waals surface area (Å²) in [6, 6.07) is 6.79. The number of likely N-dealkylation sites (N-methyl/N-ethyl adjacent to an activating group) is 1. The van der Waals surface area contributed by atoms with Crippen LogP contribution in [0.15, 0.2) is 29.3 Å². The molecular formula is C28H33ClN6O3S. The summed E-state index contributed by atoms with van der Waals surface area (Å²) in [5.41, 5.74) is 2.80. The van der Waals surface area contributed by atoms with Gasteiger partial charge in [0.25, 0.3) is 0 Å². The van der Waals surface area contributed by atoms with E-state index in [0.29, 0.717) is 39.4 Å². The maximum absolute atomic E-state index is 13.2. The van der Waals surface area contributed by atoms with E-state index in [1.54, 1.807) is 19.1 Å². The van der Waals surface area contributed by atoms with Gasteiger partial charge in [-0.1, -0.05) is 23.7 Å². The topological polar surface area (TPSA) is 104 Å². The number of aromatic nitrogens is 3. The number of rotatable bonds is 9. The maximum atomic E-state index is 13.2. The number of aromatic carboxylic acids is 1. The largest absolute Gasteiger partial charge is 0.477 e. The Morgan fingerprint density at radius 1 is 1.08 bits per heavy atom. The number of hydrogen-bond acceptors (Lipinski definition) is 8. The van der Waals surface area contributed by atoms with Crippen molar-refractivity contribution in [2.45, 2.75) is 45.6 Å². The number of aryl methyl sites for hydroxylation is 1. The highest BCUT2D eigenvalue weighted by molar-refractivity contribution is 7.17. The van der Waals surface area contributed by atoms with Crippen molar-refractivity contribution in [1.29, 1.82) is 0 Å². The van der Waals surface area contributed by atoms with Crippen molar-refractivity contribution < 1.29 is 14.7 Å². The number of halogens is 1. The summed E-state index contributed by atoms with van der Waals surface area (Å²) >= 11 is 7.34. The number of nitrogens with zero attached hydrogens (tertiary/aromatic N) is 6. The number of carbonyl (C=O) groups is 2. The third kappa shape index (κ3) is 5.84. The minimum absolute atomic E-state index is 0.137. The molecule has 0 spiro atoms. The highest BCUT2D eigenvalue weighted by Crippen LogP contribution is 2.40. The number of carboxylic acid groups (broad SMARTS) is 1. The van der Waals surface area contributed by atoms with Crippen molar-refractivity contribution in [3.05, 3.63) is 62.5 Å². The summed E-state index contributed by atoms with van der Waals surface area (Å²) in [5, 5.41) is 19.9. The van der Waals surface area contributed by atoms with Crippen LogP contribution in [0, 0.1) is 13.8 Å². The lowest BCUT2D eigenvalue weighted by molar-refractivity contribution is -0.119. The number of ketones is 1. The number of hydrogen-bond donors (Lipinski definition) is 1. The molecule has 11 heteroatoms. The van der Waals surface area contributed by atoms with Crippen LogP contribution in [0.4, 0.5) is 0 Å².